The average molecular weight is 300 g/mol. The second-order valence-electron chi connectivity index (χ2n) is 6.08. The lowest BCUT2D eigenvalue weighted by Gasteiger charge is -2.24. The third-order valence-electron chi connectivity index (χ3n) is 4.24. The fourth-order valence-electron chi connectivity index (χ4n) is 2.72. The number of unbranched alkanes of at least 4 members (excludes halogenated alkanes) is 4. The van der Waals surface area contributed by atoms with Crippen molar-refractivity contribution < 1.29 is 19.8 Å². The fraction of sp³-hybridized carbons (Fsp3) is 0.882. The first-order valence-corrected chi connectivity index (χ1v) is 8.43. The number of hydrogen-bond acceptors (Lipinski definition) is 2. The SMILES string of the molecule is CC(C(=O)O)C1CCCCC1.CCCCCCCC(=O)O. The summed E-state index contributed by atoms with van der Waals surface area (Å²) < 4.78 is 0. The van der Waals surface area contributed by atoms with Crippen LogP contribution in [0.25, 0.3) is 0 Å². The van der Waals surface area contributed by atoms with Crippen LogP contribution in [0.4, 0.5) is 0 Å². The van der Waals surface area contributed by atoms with Crippen LogP contribution in [0.5, 0.6) is 0 Å². The quantitative estimate of drug-likeness (QED) is 0.636. The van der Waals surface area contributed by atoms with Crippen molar-refractivity contribution >= 4 is 11.9 Å². The summed E-state index contributed by atoms with van der Waals surface area (Å²) in [6.45, 7) is 3.98. The molecule has 1 rings (SSSR count). The van der Waals surface area contributed by atoms with Crippen molar-refractivity contribution in [3.63, 3.8) is 0 Å². The molecular weight excluding hydrogens is 268 g/mol. The van der Waals surface area contributed by atoms with Gasteiger partial charge in [-0.05, 0) is 25.2 Å². The highest BCUT2D eigenvalue weighted by atomic mass is 16.4. The molecule has 2 N–H and O–H groups in total. The molecule has 1 unspecified atom stereocenters. The molecule has 1 aliphatic rings. The molecule has 1 fully saturated rings. The molecule has 1 saturated carbocycles. The molecule has 0 bridgehead atoms. The van der Waals surface area contributed by atoms with Crippen molar-refractivity contribution in [3.8, 4) is 0 Å². The number of carboxylic acid groups (broad SMARTS) is 2. The van der Waals surface area contributed by atoms with E-state index in [4.69, 9.17) is 10.2 Å². The van der Waals surface area contributed by atoms with Crippen LogP contribution in [-0.2, 0) is 9.59 Å². The Morgan fingerprint density at radius 1 is 1.00 bits per heavy atom. The highest BCUT2D eigenvalue weighted by Gasteiger charge is 2.24. The maximum absolute atomic E-state index is 10.6. The van der Waals surface area contributed by atoms with Crippen molar-refractivity contribution in [2.45, 2.75) is 84.5 Å². The van der Waals surface area contributed by atoms with E-state index in [0.29, 0.717) is 12.3 Å². The molecule has 0 aliphatic heterocycles. The summed E-state index contributed by atoms with van der Waals surface area (Å²) in [6.07, 6.45) is 11.9. The third-order valence-corrected chi connectivity index (χ3v) is 4.24. The Morgan fingerprint density at radius 3 is 2.05 bits per heavy atom. The topological polar surface area (TPSA) is 74.6 Å². The van der Waals surface area contributed by atoms with Crippen LogP contribution in [-0.4, -0.2) is 22.2 Å². The largest absolute Gasteiger partial charge is 0.481 e. The van der Waals surface area contributed by atoms with Gasteiger partial charge in [-0.1, -0.05) is 58.8 Å². The van der Waals surface area contributed by atoms with Crippen molar-refractivity contribution in [3.05, 3.63) is 0 Å². The molecule has 0 spiro atoms. The van der Waals surface area contributed by atoms with Crippen molar-refractivity contribution in [2.24, 2.45) is 11.8 Å². The first-order chi connectivity index (χ1) is 9.99. The predicted molar refractivity (Wildman–Crippen MR) is 84.4 cm³/mol. The monoisotopic (exact) mass is 300 g/mol. The fourth-order valence-corrected chi connectivity index (χ4v) is 2.72. The Bertz CT molecular complexity index is 283. The van der Waals surface area contributed by atoms with Gasteiger partial charge in [0.2, 0.25) is 0 Å². The van der Waals surface area contributed by atoms with Crippen LogP contribution >= 0.6 is 0 Å². The van der Waals surface area contributed by atoms with E-state index in [1.165, 1.54) is 38.5 Å². The molecule has 4 nitrogen and oxygen atoms in total. The highest BCUT2D eigenvalue weighted by Crippen LogP contribution is 2.29. The smallest absolute Gasteiger partial charge is 0.306 e. The molecule has 0 saturated heterocycles. The lowest BCUT2D eigenvalue weighted by atomic mass is 9.81. The van der Waals surface area contributed by atoms with Crippen molar-refractivity contribution in [1.82, 2.24) is 0 Å². The Morgan fingerprint density at radius 2 is 1.57 bits per heavy atom. The molecule has 21 heavy (non-hydrogen) atoms. The molecule has 0 aromatic carbocycles. The molecule has 0 amide bonds. The molecule has 0 heterocycles. The number of aliphatic carboxylic acids is 2. The Kier molecular flexibility index (Phi) is 12.0. The summed E-state index contributed by atoms with van der Waals surface area (Å²) in [6, 6.07) is 0. The lowest BCUT2D eigenvalue weighted by Crippen LogP contribution is -2.22. The van der Waals surface area contributed by atoms with Gasteiger partial charge >= 0.3 is 11.9 Å². The van der Waals surface area contributed by atoms with E-state index in [-0.39, 0.29) is 5.92 Å². The van der Waals surface area contributed by atoms with Crippen LogP contribution in [0.3, 0.4) is 0 Å². The van der Waals surface area contributed by atoms with Gasteiger partial charge in [0.05, 0.1) is 5.92 Å². The van der Waals surface area contributed by atoms with Crippen molar-refractivity contribution in [2.75, 3.05) is 0 Å². The second-order valence-corrected chi connectivity index (χ2v) is 6.08. The molecule has 0 aromatic rings. The lowest BCUT2D eigenvalue weighted by molar-refractivity contribution is -0.143. The Hall–Kier alpha value is -1.06. The van der Waals surface area contributed by atoms with Gasteiger partial charge in [-0.15, -0.1) is 0 Å². The molecule has 124 valence electrons. The van der Waals surface area contributed by atoms with Gasteiger partial charge in [0, 0.05) is 6.42 Å². The number of rotatable bonds is 8. The van der Waals surface area contributed by atoms with E-state index in [2.05, 4.69) is 6.92 Å². The van der Waals surface area contributed by atoms with Crippen LogP contribution < -0.4 is 0 Å². The van der Waals surface area contributed by atoms with Gasteiger partial charge in [-0.3, -0.25) is 9.59 Å². The van der Waals surface area contributed by atoms with Crippen LogP contribution in [0.1, 0.15) is 84.5 Å². The summed E-state index contributed by atoms with van der Waals surface area (Å²) in [5.74, 6) is -0.982. The highest BCUT2D eigenvalue weighted by molar-refractivity contribution is 5.69. The van der Waals surface area contributed by atoms with E-state index < -0.39 is 11.9 Å². The molecule has 1 atom stereocenters. The Balaban J connectivity index is 0.000000384. The van der Waals surface area contributed by atoms with Gasteiger partial charge in [0.15, 0.2) is 0 Å². The van der Waals surface area contributed by atoms with Gasteiger partial charge in [-0.2, -0.15) is 0 Å². The maximum Gasteiger partial charge on any atom is 0.306 e. The van der Waals surface area contributed by atoms with Gasteiger partial charge < -0.3 is 10.2 Å². The van der Waals surface area contributed by atoms with Crippen molar-refractivity contribution in [1.29, 1.82) is 0 Å². The van der Waals surface area contributed by atoms with Crippen LogP contribution in [0, 0.1) is 11.8 Å². The maximum atomic E-state index is 10.6. The zero-order chi connectivity index (χ0) is 16.1. The number of hydrogen-bond donors (Lipinski definition) is 2. The summed E-state index contributed by atoms with van der Waals surface area (Å²) >= 11 is 0. The number of carboxylic acids is 2. The summed E-state index contributed by atoms with van der Waals surface area (Å²) in [7, 11) is 0. The minimum absolute atomic E-state index is 0.129. The normalized spacial score (nSPS) is 16.7. The van der Waals surface area contributed by atoms with Crippen LogP contribution in [0.2, 0.25) is 0 Å². The summed E-state index contributed by atoms with van der Waals surface area (Å²) in [5.41, 5.74) is 0. The van der Waals surface area contributed by atoms with E-state index >= 15 is 0 Å². The van der Waals surface area contributed by atoms with Gasteiger partial charge in [0.1, 0.15) is 0 Å². The number of carbonyl (C=O) groups is 2. The molecule has 0 aromatic heterocycles. The molecule has 0 radical (unpaired) electrons. The van der Waals surface area contributed by atoms with Gasteiger partial charge in [-0.25, -0.2) is 0 Å². The zero-order valence-corrected chi connectivity index (χ0v) is 13.6. The predicted octanol–water partition coefficient (Wildman–Crippen LogP) is 4.72. The molecule has 1 aliphatic carbocycles. The Labute approximate surface area is 128 Å². The first kappa shape index (κ1) is 19.9. The average Bonchev–Trinajstić information content (AvgIpc) is 2.47. The van der Waals surface area contributed by atoms with Crippen LogP contribution in [0.15, 0.2) is 0 Å². The second kappa shape index (κ2) is 12.7. The van der Waals surface area contributed by atoms with E-state index in [1.807, 2.05) is 6.92 Å². The summed E-state index contributed by atoms with van der Waals surface area (Å²) in [4.78, 5) is 20.6. The van der Waals surface area contributed by atoms with E-state index in [1.54, 1.807) is 0 Å². The van der Waals surface area contributed by atoms with E-state index in [0.717, 1.165) is 25.7 Å². The van der Waals surface area contributed by atoms with E-state index in [9.17, 15) is 9.59 Å². The first-order valence-electron chi connectivity index (χ1n) is 8.43. The van der Waals surface area contributed by atoms with Gasteiger partial charge in [0.25, 0.3) is 0 Å². The molecular formula is C17H32O4. The zero-order valence-electron chi connectivity index (χ0n) is 13.6. The summed E-state index contributed by atoms with van der Waals surface area (Å²) in [5, 5.41) is 17.0. The molecule has 4 heteroatoms. The third kappa shape index (κ3) is 11.3. The standard InChI is InChI=1S/C9H16O2.C8H16O2/c1-7(9(10)11)8-5-3-2-4-6-8;1-2-3-4-5-6-7-8(9)10/h7-8H,2-6H2,1H3,(H,10,11);2-7H2,1H3,(H,9,10). The minimum Gasteiger partial charge on any atom is -0.481 e. The minimum atomic E-state index is -0.670.